The largest absolute Gasteiger partial charge is 0.378 e. The van der Waals surface area contributed by atoms with Crippen molar-refractivity contribution in [2.75, 3.05) is 5.32 Å². The number of hydrogen-bond acceptors (Lipinski definition) is 3. The summed E-state index contributed by atoms with van der Waals surface area (Å²) in [7, 11) is 0. The van der Waals surface area contributed by atoms with Crippen LogP contribution in [0.25, 0.3) is 0 Å². The van der Waals surface area contributed by atoms with Gasteiger partial charge in [-0.15, -0.1) is 0 Å². The first-order chi connectivity index (χ1) is 7.74. The van der Waals surface area contributed by atoms with Crippen molar-refractivity contribution in [3.8, 4) is 0 Å². The molecule has 16 heavy (non-hydrogen) atoms. The molecule has 5 heteroatoms. The first-order valence-electron chi connectivity index (χ1n) is 4.71. The molecule has 0 atom stereocenters. The third-order valence-electron chi connectivity index (χ3n) is 1.97. The van der Waals surface area contributed by atoms with Gasteiger partial charge in [-0.2, -0.15) is 0 Å². The summed E-state index contributed by atoms with van der Waals surface area (Å²) in [5.41, 5.74) is 1.88. The van der Waals surface area contributed by atoms with Gasteiger partial charge in [0.1, 0.15) is 9.76 Å². The predicted octanol–water partition coefficient (Wildman–Crippen LogP) is 3.50. The molecule has 0 spiro atoms. The van der Waals surface area contributed by atoms with Crippen molar-refractivity contribution in [2.24, 2.45) is 0 Å². The third kappa shape index (κ3) is 3.18. The molecule has 2 rings (SSSR count). The molecule has 0 aromatic carbocycles. The fourth-order valence-electron chi connectivity index (χ4n) is 1.22. The van der Waals surface area contributed by atoms with Crippen LogP contribution in [0.2, 0.25) is 5.15 Å². The molecule has 0 amide bonds. The predicted molar refractivity (Wildman–Crippen MR) is 68.5 cm³/mol. The Kier molecular flexibility index (Phi) is 3.74. The van der Waals surface area contributed by atoms with Crippen molar-refractivity contribution in [1.29, 1.82) is 0 Å². The molecule has 2 aromatic heterocycles. The molecule has 0 unspecified atom stereocenters. The molecule has 2 heterocycles. The lowest BCUT2D eigenvalue weighted by Gasteiger charge is -2.05. The Morgan fingerprint density at radius 2 is 2.12 bits per heavy atom. The fraction of sp³-hybridized carbons (Fsp3) is 0.0909. The van der Waals surface area contributed by atoms with Crippen molar-refractivity contribution in [3.63, 3.8) is 0 Å². The zero-order valence-corrected chi connectivity index (χ0v) is 10.7. The van der Waals surface area contributed by atoms with E-state index in [0.29, 0.717) is 11.7 Å². The molecule has 0 fully saturated rings. The van der Waals surface area contributed by atoms with E-state index >= 15 is 0 Å². The van der Waals surface area contributed by atoms with Crippen LogP contribution in [-0.2, 0) is 6.54 Å². The van der Waals surface area contributed by atoms with E-state index < -0.39 is 0 Å². The van der Waals surface area contributed by atoms with E-state index in [-0.39, 0.29) is 0 Å². The molecule has 0 saturated carbocycles. The van der Waals surface area contributed by atoms with Gasteiger partial charge in [-0.1, -0.05) is 17.7 Å². The maximum absolute atomic E-state index is 5.69. The molecule has 2 aromatic rings. The van der Waals surface area contributed by atoms with Crippen molar-refractivity contribution in [3.05, 3.63) is 52.0 Å². The number of nitrogens with one attached hydrogen (secondary N) is 1. The van der Waals surface area contributed by atoms with Crippen LogP contribution in [-0.4, -0.2) is 9.97 Å². The van der Waals surface area contributed by atoms with Gasteiger partial charge in [0.15, 0.2) is 0 Å². The van der Waals surface area contributed by atoms with Gasteiger partial charge < -0.3 is 5.32 Å². The molecule has 0 radical (unpaired) electrons. The Balaban J connectivity index is 1.99. The summed E-state index contributed by atoms with van der Waals surface area (Å²) in [5.74, 6) is 0. The van der Waals surface area contributed by atoms with Gasteiger partial charge in [-0.05, 0) is 40.2 Å². The average Bonchev–Trinajstić information content (AvgIpc) is 2.28. The van der Waals surface area contributed by atoms with Crippen molar-refractivity contribution >= 4 is 33.2 Å². The monoisotopic (exact) mass is 297 g/mol. The van der Waals surface area contributed by atoms with E-state index in [1.807, 2.05) is 24.3 Å². The molecule has 3 nitrogen and oxygen atoms in total. The smallest absolute Gasteiger partial charge is 0.129 e. The molecule has 0 bridgehead atoms. The maximum atomic E-state index is 5.69. The molecule has 82 valence electrons. The first kappa shape index (κ1) is 11.4. The highest BCUT2D eigenvalue weighted by atomic mass is 79.9. The second-order valence-electron chi connectivity index (χ2n) is 3.17. The average molecular weight is 299 g/mol. The highest BCUT2D eigenvalue weighted by molar-refractivity contribution is 9.10. The van der Waals surface area contributed by atoms with Crippen LogP contribution in [0.15, 0.2) is 41.1 Å². The van der Waals surface area contributed by atoms with Gasteiger partial charge >= 0.3 is 0 Å². The Bertz CT molecular complexity index is 473. The Morgan fingerprint density at radius 1 is 1.25 bits per heavy atom. The van der Waals surface area contributed by atoms with Gasteiger partial charge in [-0.25, -0.2) is 9.97 Å². The maximum Gasteiger partial charge on any atom is 0.129 e. The van der Waals surface area contributed by atoms with Crippen LogP contribution in [0.1, 0.15) is 5.69 Å². The summed E-state index contributed by atoms with van der Waals surface area (Å²) < 4.78 is 0.834. The van der Waals surface area contributed by atoms with E-state index in [4.69, 9.17) is 11.6 Å². The second-order valence-corrected chi connectivity index (χ2v) is 4.37. The summed E-state index contributed by atoms with van der Waals surface area (Å²) >= 11 is 9.02. The standard InChI is InChI=1S/C11H9BrClN3/c12-10-3-1-2-9(16-10)7-14-8-4-5-11(13)15-6-8/h1-6,14H,7H2. The summed E-state index contributed by atoms with van der Waals surface area (Å²) in [6, 6.07) is 9.44. The van der Waals surface area contributed by atoms with Gasteiger partial charge in [0, 0.05) is 0 Å². The third-order valence-corrected chi connectivity index (χ3v) is 2.64. The molecular weight excluding hydrogens is 289 g/mol. The van der Waals surface area contributed by atoms with Gasteiger partial charge in [0.25, 0.3) is 0 Å². The molecule has 0 aliphatic carbocycles. The second kappa shape index (κ2) is 5.27. The lowest BCUT2D eigenvalue weighted by Crippen LogP contribution is -2.01. The minimum atomic E-state index is 0.492. The van der Waals surface area contributed by atoms with E-state index in [1.165, 1.54) is 0 Å². The topological polar surface area (TPSA) is 37.8 Å². The van der Waals surface area contributed by atoms with Crippen LogP contribution < -0.4 is 5.32 Å². The number of halogens is 2. The highest BCUT2D eigenvalue weighted by Crippen LogP contribution is 2.11. The number of aromatic nitrogens is 2. The van der Waals surface area contributed by atoms with E-state index in [1.54, 1.807) is 12.3 Å². The van der Waals surface area contributed by atoms with Crippen LogP contribution >= 0.6 is 27.5 Å². The van der Waals surface area contributed by atoms with Crippen molar-refractivity contribution in [1.82, 2.24) is 9.97 Å². The fourth-order valence-corrected chi connectivity index (χ4v) is 1.71. The lowest BCUT2D eigenvalue weighted by molar-refractivity contribution is 1.03. The summed E-state index contributed by atoms with van der Waals surface area (Å²) in [4.78, 5) is 8.30. The lowest BCUT2D eigenvalue weighted by atomic mass is 10.3. The van der Waals surface area contributed by atoms with Gasteiger partial charge in [0.05, 0.1) is 24.1 Å². The SMILES string of the molecule is Clc1ccc(NCc2cccc(Br)n2)cn1. The summed E-state index contributed by atoms with van der Waals surface area (Å²) in [6.45, 7) is 0.656. The van der Waals surface area contributed by atoms with Crippen LogP contribution in [0, 0.1) is 0 Å². The quantitative estimate of drug-likeness (QED) is 0.881. The Hall–Kier alpha value is -1.13. The molecular formula is C11H9BrClN3. The summed E-state index contributed by atoms with van der Waals surface area (Å²) in [6.07, 6.45) is 1.69. The summed E-state index contributed by atoms with van der Waals surface area (Å²) in [5, 5.41) is 3.70. The number of nitrogens with zero attached hydrogens (tertiary/aromatic N) is 2. The van der Waals surface area contributed by atoms with E-state index in [0.717, 1.165) is 16.0 Å². The molecule has 0 aliphatic heterocycles. The number of anilines is 1. The zero-order valence-electron chi connectivity index (χ0n) is 8.32. The van der Waals surface area contributed by atoms with Crippen LogP contribution in [0.4, 0.5) is 5.69 Å². The minimum Gasteiger partial charge on any atom is -0.378 e. The van der Waals surface area contributed by atoms with E-state index in [9.17, 15) is 0 Å². The van der Waals surface area contributed by atoms with Crippen LogP contribution in [0.3, 0.4) is 0 Å². The van der Waals surface area contributed by atoms with Crippen LogP contribution in [0.5, 0.6) is 0 Å². The number of hydrogen-bond donors (Lipinski definition) is 1. The Labute approximate surface area is 107 Å². The van der Waals surface area contributed by atoms with Crippen molar-refractivity contribution < 1.29 is 0 Å². The first-order valence-corrected chi connectivity index (χ1v) is 5.88. The van der Waals surface area contributed by atoms with Gasteiger partial charge in [-0.3, -0.25) is 0 Å². The molecule has 0 aliphatic rings. The van der Waals surface area contributed by atoms with Crippen molar-refractivity contribution in [2.45, 2.75) is 6.54 Å². The normalized spacial score (nSPS) is 10.1. The van der Waals surface area contributed by atoms with Gasteiger partial charge in [0.2, 0.25) is 0 Å². The minimum absolute atomic E-state index is 0.492. The highest BCUT2D eigenvalue weighted by Gasteiger charge is 1.96. The Morgan fingerprint density at radius 3 is 2.81 bits per heavy atom. The molecule has 1 N–H and O–H groups in total. The number of rotatable bonds is 3. The number of pyridine rings is 2. The molecule has 0 saturated heterocycles. The van der Waals surface area contributed by atoms with E-state index in [2.05, 4.69) is 31.2 Å². The zero-order chi connectivity index (χ0) is 11.4.